The number of rotatable bonds is 6. The summed E-state index contributed by atoms with van der Waals surface area (Å²) in [5.41, 5.74) is 9.93. The number of carbonyl (C=O) groups excluding carboxylic acids is 1. The van der Waals surface area contributed by atoms with Crippen LogP contribution in [-0.4, -0.2) is 66.7 Å². The van der Waals surface area contributed by atoms with Crippen LogP contribution < -0.4 is 16.4 Å². The Morgan fingerprint density at radius 1 is 1.22 bits per heavy atom. The van der Waals surface area contributed by atoms with Crippen molar-refractivity contribution in [3.8, 4) is 22.4 Å². The number of fused-ring (bicyclic) bond motifs is 1. The van der Waals surface area contributed by atoms with Gasteiger partial charge in [0.15, 0.2) is 0 Å². The number of aromatic nitrogens is 6. The van der Waals surface area contributed by atoms with Gasteiger partial charge in [-0.3, -0.25) is 4.79 Å². The number of piperidine rings is 1. The summed E-state index contributed by atoms with van der Waals surface area (Å²) in [5, 5.41) is 11.8. The first-order valence-corrected chi connectivity index (χ1v) is 12.6. The Morgan fingerprint density at radius 2 is 2.03 bits per heavy atom. The molecule has 6 rings (SSSR count). The van der Waals surface area contributed by atoms with Crippen LogP contribution in [0.1, 0.15) is 25.5 Å². The molecule has 1 atom stereocenters. The van der Waals surface area contributed by atoms with Crippen molar-refractivity contribution in [2.45, 2.75) is 37.9 Å². The molecule has 2 aliphatic heterocycles. The highest BCUT2D eigenvalue weighted by Crippen LogP contribution is 2.32. The highest BCUT2D eigenvalue weighted by atomic mass is 16.2. The molecule has 37 heavy (non-hydrogen) atoms. The summed E-state index contributed by atoms with van der Waals surface area (Å²) in [6.07, 6.45) is 13.6. The van der Waals surface area contributed by atoms with E-state index in [1.807, 2.05) is 31.5 Å². The van der Waals surface area contributed by atoms with Crippen molar-refractivity contribution in [3.05, 3.63) is 54.9 Å². The molecular weight excluding hydrogens is 468 g/mol. The standard InChI is InChI=1S/C26H30N10O/c1-3-18-11-22(34-25(27)33-18)21-14-29-23-20(21)10-16(12-28-23)17-13-31-36(15-17)26(6-7-30-26)24(37)32-19-4-8-35(2)9-5-19/h6-7,10-15,19,30H,3-5,8-9H2,1-2H3,(H,28,29)(H,32,37)(H2,27,33,34). The summed E-state index contributed by atoms with van der Waals surface area (Å²) in [5.74, 6) is 0.146. The molecule has 4 aromatic rings. The van der Waals surface area contributed by atoms with Crippen molar-refractivity contribution in [2.24, 2.45) is 0 Å². The number of hydrogen-bond acceptors (Lipinski definition) is 8. The lowest BCUT2D eigenvalue weighted by molar-refractivity contribution is -0.131. The SMILES string of the molecule is CCc1cc(-c2c[nH]c3ncc(-c4cnn(C5(C(=O)NC6CCN(C)CC6)C=CN5)c4)cc23)nc(N)n1. The van der Waals surface area contributed by atoms with Gasteiger partial charge in [0.05, 0.1) is 11.9 Å². The minimum absolute atomic E-state index is 0.103. The smallest absolute Gasteiger partial charge is 0.273 e. The summed E-state index contributed by atoms with van der Waals surface area (Å²) in [7, 11) is 2.11. The molecule has 1 amide bonds. The van der Waals surface area contributed by atoms with Gasteiger partial charge in [0, 0.05) is 52.4 Å². The number of carbonyl (C=O) groups is 1. The molecule has 190 valence electrons. The molecule has 4 aromatic heterocycles. The third kappa shape index (κ3) is 4.10. The molecule has 2 aliphatic rings. The number of anilines is 1. The highest BCUT2D eigenvalue weighted by molar-refractivity contribution is 5.95. The summed E-state index contributed by atoms with van der Waals surface area (Å²) in [6, 6.07) is 4.16. The molecule has 1 unspecified atom stereocenters. The van der Waals surface area contributed by atoms with E-state index < -0.39 is 5.66 Å². The van der Waals surface area contributed by atoms with Crippen LogP contribution in [0.4, 0.5) is 5.95 Å². The fourth-order valence-corrected chi connectivity index (χ4v) is 4.95. The Bertz CT molecular complexity index is 1500. The summed E-state index contributed by atoms with van der Waals surface area (Å²) >= 11 is 0. The van der Waals surface area contributed by atoms with Gasteiger partial charge in [-0.15, -0.1) is 0 Å². The molecule has 0 radical (unpaired) electrons. The van der Waals surface area contributed by atoms with E-state index in [0.29, 0.717) is 0 Å². The van der Waals surface area contributed by atoms with Gasteiger partial charge in [-0.05, 0) is 63.8 Å². The average Bonchev–Trinajstić information content (AvgIpc) is 3.52. The van der Waals surface area contributed by atoms with E-state index in [9.17, 15) is 4.79 Å². The predicted octanol–water partition coefficient (Wildman–Crippen LogP) is 2.01. The first kappa shape index (κ1) is 23.2. The number of nitrogens with two attached hydrogens (primary N) is 1. The first-order chi connectivity index (χ1) is 17.9. The zero-order chi connectivity index (χ0) is 25.6. The summed E-state index contributed by atoms with van der Waals surface area (Å²) in [4.78, 5) is 32.2. The van der Waals surface area contributed by atoms with Crippen LogP contribution >= 0.6 is 0 Å². The van der Waals surface area contributed by atoms with Crippen molar-refractivity contribution in [1.29, 1.82) is 0 Å². The Labute approximate surface area is 214 Å². The molecule has 0 saturated carbocycles. The molecule has 11 heteroatoms. The van der Waals surface area contributed by atoms with E-state index in [0.717, 1.165) is 71.5 Å². The lowest BCUT2D eigenvalue weighted by Crippen LogP contribution is -2.62. The number of H-pyrrole nitrogens is 1. The van der Waals surface area contributed by atoms with Gasteiger partial charge in [-0.2, -0.15) is 5.10 Å². The van der Waals surface area contributed by atoms with Gasteiger partial charge in [-0.1, -0.05) is 6.92 Å². The van der Waals surface area contributed by atoms with Crippen LogP contribution in [0.3, 0.4) is 0 Å². The number of pyridine rings is 1. The maximum atomic E-state index is 13.3. The molecule has 11 nitrogen and oxygen atoms in total. The van der Waals surface area contributed by atoms with Crippen molar-refractivity contribution >= 4 is 22.9 Å². The van der Waals surface area contributed by atoms with Gasteiger partial charge in [0.1, 0.15) is 5.65 Å². The van der Waals surface area contributed by atoms with Crippen LogP contribution in [0, 0.1) is 0 Å². The topological polar surface area (TPSA) is 143 Å². The number of aryl methyl sites for hydroxylation is 1. The number of nitrogens with zero attached hydrogens (tertiary/aromatic N) is 6. The highest BCUT2D eigenvalue weighted by Gasteiger charge is 2.43. The van der Waals surface area contributed by atoms with Crippen molar-refractivity contribution in [3.63, 3.8) is 0 Å². The van der Waals surface area contributed by atoms with Gasteiger partial charge < -0.3 is 26.3 Å². The van der Waals surface area contributed by atoms with Crippen LogP contribution in [0.25, 0.3) is 33.4 Å². The van der Waals surface area contributed by atoms with Gasteiger partial charge in [0.2, 0.25) is 11.6 Å². The zero-order valence-corrected chi connectivity index (χ0v) is 20.9. The van der Waals surface area contributed by atoms with Crippen LogP contribution in [0.2, 0.25) is 0 Å². The van der Waals surface area contributed by atoms with Crippen LogP contribution in [-0.2, 0) is 16.9 Å². The fourth-order valence-electron chi connectivity index (χ4n) is 4.95. The van der Waals surface area contributed by atoms with E-state index in [4.69, 9.17) is 5.73 Å². The maximum absolute atomic E-state index is 13.3. The lowest BCUT2D eigenvalue weighted by Gasteiger charge is -2.38. The van der Waals surface area contributed by atoms with Gasteiger partial charge >= 0.3 is 0 Å². The number of hydrogen-bond donors (Lipinski definition) is 4. The Balaban J connectivity index is 1.29. The molecule has 0 aromatic carbocycles. The van der Waals surface area contributed by atoms with E-state index in [-0.39, 0.29) is 17.9 Å². The van der Waals surface area contributed by atoms with Crippen molar-refractivity contribution < 1.29 is 4.79 Å². The Morgan fingerprint density at radius 3 is 2.76 bits per heavy atom. The molecule has 0 bridgehead atoms. The third-order valence-corrected chi connectivity index (χ3v) is 7.27. The maximum Gasteiger partial charge on any atom is 0.273 e. The van der Waals surface area contributed by atoms with E-state index in [2.05, 4.69) is 53.7 Å². The molecule has 6 heterocycles. The van der Waals surface area contributed by atoms with Gasteiger partial charge in [-0.25, -0.2) is 19.6 Å². The minimum Gasteiger partial charge on any atom is -0.368 e. The second-order valence-corrected chi connectivity index (χ2v) is 9.75. The third-order valence-electron chi connectivity index (χ3n) is 7.27. The molecule has 1 fully saturated rings. The van der Waals surface area contributed by atoms with Crippen LogP contribution in [0.15, 0.2) is 49.2 Å². The Kier molecular flexibility index (Phi) is 5.64. The number of amides is 1. The quantitative estimate of drug-likeness (QED) is 0.316. The number of aromatic amines is 1. The number of nitrogens with one attached hydrogen (secondary N) is 3. The second-order valence-electron chi connectivity index (χ2n) is 9.75. The lowest BCUT2D eigenvalue weighted by atomic mass is 10.0. The molecule has 1 saturated heterocycles. The van der Waals surface area contributed by atoms with Crippen molar-refractivity contribution in [2.75, 3.05) is 25.9 Å². The molecule has 5 N–H and O–H groups in total. The van der Waals surface area contributed by atoms with Gasteiger partial charge in [0.25, 0.3) is 5.91 Å². The largest absolute Gasteiger partial charge is 0.368 e. The Hall–Kier alpha value is -4.25. The predicted molar refractivity (Wildman–Crippen MR) is 141 cm³/mol. The minimum atomic E-state index is -1.03. The van der Waals surface area contributed by atoms with E-state index >= 15 is 0 Å². The zero-order valence-electron chi connectivity index (χ0n) is 20.9. The summed E-state index contributed by atoms with van der Waals surface area (Å²) in [6.45, 7) is 3.99. The van der Waals surface area contributed by atoms with Crippen LogP contribution in [0.5, 0.6) is 0 Å². The number of likely N-dealkylation sites (tertiary alicyclic amines) is 1. The average molecular weight is 499 g/mol. The number of nitrogen functional groups attached to an aromatic ring is 1. The van der Waals surface area contributed by atoms with Crippen molar-refractivity contribution in [1.82, 2.24) is 45.2 Å². The molecule has 0 spiro atoms. The second kappa shape index (κ2) is 9.00. The summed E-state index contributed by atoms with van der Waals surface area (Å²) < 4.78 is 1.67. The normalized spacial score (nSPS) is 20.1. The van der Waals surface area contributed by atoms with E-state index in [1.165, 1.54) is 0 Å². The monoisotopic (exact) mass is 498 g/mol. The molecular formula is C26H30N10O. The fraction of sp³-hybridized carbons (Fsp3) is 0.346. The van der Waals surface area contributed by atoms with E-state index in [1.54, 1.807) is 23.3 Å². The first-order valence-electron chi connectivity index (χ1n) is 12.6. The molecule has 0 aliphatic carbocycles.